The third-order valence-electron chi connectivity index (χ3n) is 3.60. The molecule has 2 rings (SSSR count). The first-order chi connectivity index (χ1) is 9.54. The predicted molar refractivity (Wildman–Crippen MR) is 87.6 cm³/mol. The number of hydrogen-bond donors (Lipinski definition) is 1. The number of carbonyl (C=O) groups is 1. The van der Waals surface area contributed by atoms with E-state index >= 15 is 0 Å². The highest BCUT2D eigenvalue weighted by Gasteiger charge is 2.30. The molecule has 1 aliphatic rings. The largest absolute Gasteiger partial charge is 0.310 e. The first-order valence-electron chi connectivity index (χ1n) is 7.05. The average Bonchev–Trinajstić information content (AvgIpc) is 2.42. The highest BCUT2D eigenvalue weighted by atomic mass is 79.9. The van der Waals surface area contributed by atoms with Crippen LogP contribution in [0.15, 0.2) is 16.6 Å². The van der Waals surface area contributed by atoms with Gasteiger partial charge >= 0.3 is 0 Å². The quantitative estimate of drug-likeness (QED) is 0.884. The molecule has 0 saturated carbocycles. The van der Waals surface area contributed by atoms with E-state index < -0.39 is 0 Å². The van der Waals surface area contributed by atoms with E-state index in [-0.39, 0.29) is 11.9 Å². The summed E-state index contributed by atoms with van der Waals surface area (Å²) in [5, 5.41) is 4.02. The second-order valence-corrected chi connectivity index (χ2v) is 6.45. The number of anilines is 1. The van der Waals surface area contributed by atoms with E-state index in [0.717, 1.165) is 48.1 Å². The minimum Gasteiger partial charge on any atom is -0.310 e. The van der Waals surface area contributed by atoms with Gasteiger partial charge in [0.1, 0.15) is 0 Å². The molecule has 0 aliphatic carbocycles. The van der Waals surface area contributed by atoms with E-state index in [2.05, 4.69) is 28.2 Å². The van der Waals surface area contributed by atoms with Gasteiger partial charge in [-0.2, -0.15) is 0 Å². The van der Waals surface area contributed by atoms with E-state index in [1.165, 1.54) is 0 Å². The number of nitrogens with one attached hydrogen (secondary N) is 1. The number of rotatable bonds is 4. The minimum atomic E-state index is -0.0734. The van der Waals surface area contributed by atoms with Gasteiger partial charge in [0.2, 0.25) is 5.91 Å². The van der Waals surface area contributed by atoms with Gasteiger partial charge in [0.05, 0.1) is 11.7 Å². The van der Waals surface area contributed by atoms with Crippen LogP contribution in [-0.2, 0) is 4.79 Å². The first-order valence-corrected chi connectivity index (χ1v) is 8.22. The van der Waals surface area contributed by atoms with Crippen LogP contribution >= 0.6 is 27.5 Å². The van der Waals surface area contributed by atoms with Crippen molar-refractivity contribution < 1.29 is 4.79 Å². The average molecular weight is 360 g/mol. The van der Waals surface area contributed by atoms with Gasteiger partial charge in [-0.25, -0.2) is 0 Å². The molecule has 20 heavy (non-hydrogen) atoms. The first kappa shape index (κ1) is 15.8. The molecular formula is C15H20BrClN2O. The van der Waals surface area contributed by atoms with Crippen LogP contribution in [0.4, 0.5) is 5.69 Å². The Bertz CT molecular complexity index is 507. The highest BCUT2D eigenvalue weighted by Crippen LogP contribution is 2.33. The maximum Gasteiger partial charge on any atom is 0.244 e. The standard InChI is InChI=1S/C15H20BrClN2O/c1-3-6-18-13-5-4-7-19(15(13)20)14-9-12(17)10(2)8-11(14)16/h8-9,13,18H,3-7H2,1-2H3. The molecule has 0 radical (unpaired) electrons. The summed E-state index contributed by atoms with van der Waals surface area (Å²) in [5.74, 6) is 0.144. The zero-order valence-electron chi connectivity index (χ0n) is 11.9. The number of nitrogens with zero attached hydrogens (tertiary/aromatic N) is 1. The van der Waals surface area contributed by atoms with E-state index in [1.54, 1.807) is 0 Å². The highest BCUT2D eigenvalue weighted by molar-refractivity contribution is 9.10. The summed E-state index contributed by atoms with van der Waals surface area (Å²) in [7, 11) is 0. The van der Waals surface area contributed by atoms with Crippen LogP contribution in [0.3, 0.4) is 0 Å². The summed E-state index contributed by atoms with van der Waals surface area (Å²) in [5.41, 5.74) is 1.88. The van der Waals surface area contributed by atoms with Crippen LogP contribution in [0.2, 0.25) is 5.02 Å². The number of benzene rings is 1. The summed E-state index contributed by atoms with van der Waals surface area (Å²) in [6, 6.07) is 3.77. The molecule has 3 nitrogen and oxygen atoms in total. The smallest absolute Gasteiger partial charge is 0.244 e. The molecule has 1 N–H and O–H groups in total. The second kappa shape index (κ2) is 6.92. The molecule has 1 aromatic carbocycles. The Balaban J connectivity index is 2.23. The SMILES string of the molecule is CCCNC1CCCN(c2cc(Cl)c(C)cc2Br)C1=O. The normalized spacial score (nSPS) is 19.5. The fraction of sp³-hybridized carbons (Fsp3) is 0.533. The zero-order chi connectivity index (χ0) is 14.7. The van der Waals surface area contributed by atoms with E-state index in [9.17, 15) is 4.79 Å². The maximum absolute atomic E-state index is 12.6. The van der Waals surface area contributed by atoms with Crippen molar-refractivity contribution in [2.24, 2.45) is 0 Å². The predicted octanol–water partition coefficient (Wildman–Crippen LogP) is 3.91. The Morgan fingerprint density at radius 2 is 2.25 bits per heavy atom. The summed E-state index contributed by atoms with van der Waals surface area (Å²) >= 11 is 9.74. The Morgan fingerprint density at radius 3 is 2.95 bits per heavy atom. The van der Waals surface area contributed by atoms with Gasteiger partial charge in [0.15, 0.2) is 0 Å². The number of aryl methyl sites for hydroxylation is 1. The number of amides is 1. The molecule has 1 aromatic rings. The third-order valence-corrected chi connectivity index (χ3v) is 4.64. The minimum absolute atomic E-state index is 0.0734. The van der Waals surface area contributed by atoms with Crippen LogP contribution in [0, 0.1) is 6.92 Å². The molecule has 5 heteroatoms. The van der Waals surface area contributed by atoms with Crippen LogP contribution in [0.25, 0.3) is 0 Å². The molecule has 0 aromatic heterocycles. The van der Waals surface area contributed by atoms with E-state index in [1.807, 2.05) is 24.0 Å². The molecule has 1 atom stereocenters. The van der Waals surface area contributed by atoms with Crippen LogP contribution in [0.5, 0.6) is 0 Å². The molecule has 1 amide bonds. The number of piperidine rings is 1. The van der Waals surface area contributed by atoms with Gasteiger partial charge < -0.3 is 10.2 Å². The molecule has 1 fully saturated rings. The Hall–Kier alpha value is -0.580. The molecule has 0 spiro atoms. The van der Waals surface area contributed by atoms with Gasteiger partial charge in [-0.1, -0.05) is 18.5 Å². The van der Waals surface area contributed by atoms with Crippen molar-refractivity contribution in [1.82, 2.24) is 5.32 Å². The van der Waals surface area contributed by atoms with Crippen LogP contribution in [-0.4, -0.2) is 25.0 Å². The van der Waals surface area contributed by atoms with Gasteiger partial charge in [0.25, 0.3) is 0 Å². The second-order valence-electron chi connectivity index (χ2n) is 5.19. The van der Waals surface area contributed by atoms with Gasteiger partial charge in [-0.3, -0.25) is 4.79 Å². The summed E-state index contributed by atoms with van der Waals surface area (Å²) in [6.07, 6.45) is 2.95. The lowest BCUT2D eigenvalue weighted by Gasteiger charge is -2.33. The fourth-order valence-electron chi connectivity index (χ4n) is 2.47. The van der Waals surface area contributed by atoms with Crippen molar-refractivity contribution in [3.63, 3.8) is 0 Å². The molecule has 1 heterocycles. The molecule has 1 saturated heterocycles. The maximum atomic E-state index is 12.6. The van der Waals surface area contributed by atoms with Crippen molar-refractivity contribution in [2.75, 3.05) is 18.0 Å². The molecular weight excluding hydrogens is 340 g/mol. The van der Waals surface area contributed by atoms with E-state index in [0.29, 0.717) is 5.02 Å². The molecule has 1 aliphatic heterocycles. The lowest BCUT2D eigenvalue weighted by molar-refractivity contribution is -0.121. The van der Waals surface area contributed by atoms with Crippen molar-refractivity contribution in [1.29, 1.82) is 0 Å². The van der Waals surface area contributed by atoms with Crippen molar-refractivity contribution >= 4 is 39.1 Å². The van der Waals surface area contributed by atoms with Crippen LogP contribution in [0.1, 0.15) is 31.7 Å². The molecule has 110 valence electrons. The van der Waals surface area contributed by atoms with Gasteiger partial charge in [-0.05, 0) is 66.4 Å². The lowest BCUT2D eigenvalue weighted by atomic mass is 10.0. The molecule has 1 unspecified atom stereocenters. The zero-order valence-corrected chi connectivity index (χ0v) is 14.2. The van der Waals surface area contributed by atoms with Crippen LogP contribution < -0.4 is 10.2 Å². The topological polar surface area (TPSA) is 32.3 Å². The van der Waals surface area contributed by atoms with Gasteiger partial charge in [-0.15, -0.1) is 0 Å². The third kappa shape index (κ3) is 3.35. The Kier molecular flexibility index (Phi) is 5.47. The summed E-state index contributed by atoms with van der Waals surface area (Å²) < 4.78 is 0.920. The number of hydrogen-bond acceptors (Lipinski definition) is 2. The molecule has 0 bridgehead atoms. The number of carbonyl (C=O) groups excluding carboxylic acids is 1. The van der Waals surface area contributed by atoms with Crippen molar-refractivity contribution in [2.45, 2.75) is 39.2 Å². The van der Waals surface area contributed by atoms with E-state index in [4.69, 9.17) is 11.6 Å². The number of halogens is 2. The van der Waals surface area contributed by atoms with Gasteiger partial charge in [0, 0.05) is 16.0 Å². The fourth-order valence-corrected chi connectivity index (χ4v) is 3.29. The Labute approximate surface area is 133 Å². The van der Waals surface area contributed by atoms with Crippen molar-refractivity contribution in [3.05, 3.63) is 27.2 Å². The Morgan fingerprint density at radius 1 is 1.50 bits per heavy atom. The summed E-state index contributed by atoms with van der Waals surface area (Å²) in [4.78, 5) is 14.4. The van der Waals surface area contributed by atoms with Crippen molar-refractivity contribution in [3.8, 4) is 0 Å². The summed E-state index contributed by atoms with van der Waals surface area (Å²) in [6.45, 7) is 5.69. The monoisotopic (exact) mass is 358 g/mol. The lowest BCUT2D eigenvalue weighted by Crippen LogP contribution is -2.51.